The topological polar surface area (TPSA) is 67.2 Å². The van der Waals surface area contributed by atoms with Gasteiger partial charge in [0.2, 0.25) is 0 Å². The lowest BCUT2D eigenvalue weighted by molar-refractivity contribution is 0.207. The van der Waals surface area contributed by atoms with Crippen molar-refractivity contribution in [3.63, 3.8) is 0 Å². The van der Waals surface area contributed by atoms with Gasteiger partial charge in [-0.1, -0.05) is 0 Å². The molecule has 0 saturated carbocycles. The van der Waals surface area contributed by atoms with Crippen LogP contribution in [0.1, 0.15) is 18.7 Å². The number of benzene rings is 2. The Kier molecular flexibility index (Phi) is 5.08. The smallest absolute Gasteiger partial charge is 0.319 e. The van der Waals surface area contributed by atoms with Crippen LogP contribution < -0.4 is 10.9 Å². The largest absolute Gasteiger partial charge is 0.322 e. The molecule has 9 heteroatoms. The van der Waals surface area contributed by atoms with E-state index in [1.165, 1.54) is 43.3 Å². The van der Waals surface area contributed by atoms with E-state index >= 15 is 0 Å². The molecule has 0 aliphatic carbocycles. The predicted molar refractivity (Wildman–Crippen MR) is 98.5 cm³/mol. The predicted octanol–water partition coefficient (Wildman–Crippen LogP) is 3.58. The molecule has 28 heavy (non-hydrogen) atoms. The van der Waals surface area contributed by atoms with E-state index in [9.17, 15) is 22.8 Å². The number of carbonyl (C=O) groups is 1. The number of nitrogens with one attached hydrogen (secondary N) is 1. The number of halogens is 3. The normalized spacial score (nSPS) is 12.1. The lowest BCUT2D eigenvalue weighted by atomic mass is 10.1. The quantitative estimate of drug-likeness (QED) is 0.743. The molecule has 2 aromatic carbocycles. The van der Waals surface area contributed by atoms with Gasteiger partial charge in [-0.25, -0.2) is 22.6 Å². The summed E-state index contributed by atoms with van der Waals surface area (Å²) >= 11 is 0. The molecule has 0 bridgehead atoms. The third-order valence-electron chi connectivity index (χ3n) is 4.51. The number of rotatable bonds is 3. The maximum Gasteiger partial charge on any atom is 0.322 e. The van der Waals surface area contributed by atoms with E-state index in [1.807, 2.05) is 0 Å². The van der Waals surface area contributed by atoms with Gasteiger partial charge >= 0.3 is 6.03 Å². The van der Waals surface area contributed by atoms with Crippen molar-refractivity contribution in [3.05, 3.63) is 69.9 Å². The summed E-state index contributed by atoms with van der Waals surface area (Å²) in [5.41, 5.74) is 0.0351. The highest BCUT2D eigenvalue weighted by Crippen LogP contribution is 2.26. The average Bonchev–Trinajstić information content (AvgIpc) is 2.67. The molecule has 3 rings (SSSR count). The number of aromatic nitrogens is 2. The van der Waals surface area contributed by atoms with Crippen LogP contribution in [0.5, 0.6) is 0 Å². The van der Waals surface area contributed by atoms with Gasteiger partial charge in [-0.15, -0.1) is 0 Å². The average molecular weight is 390 g/mol. The van der Waals surface area contributed by atoms with E-state index in [0.29, 0.717) is 5.69 Å². The van der Waals surface area contributed by atoms with Crippen LogP contribution in [0.25, 0.3) is 10.8 Å². The van der Waals surface area contributed by atoms with Gasteiger partial charge in [0, 0.05) is 25.2 Å². The summed E-state index contributed by atoms with van der Waals surface area (Å²) in [6.45, 7) is 1.64. The summed E-state index contributed by atoms with van der Waals surface area (Å²) in [5.74, 6) is -2.69. The van der Waals surface area contributed by atoms with Gasteiger partial charge in [0.15, 0.2) is 11.6 Å². The number of aryl methyl sites for hydroxylation is 1. The van der Waals surface area contributed by atoms with Crippen molar-refractivity contribution >= 4 is 22.5 Å². The van der Waals surface area contributed by atoms with Gasteiger partial charge in [-0.2, -0.15) is 5.10 Å². The van der Waals surface area contributed by atoms with E-state index in [1.54, 1.807) is 6.92 Å². The molecule has 1 aromatic heterocycles. The molecule has 1 atom stereocenters. The Labute approximate surface area is 158 Å². The summed E-state index contributed by atoms with van der Waals surface area (Å²) in [6.07, 6.45) is 0. The Balaban J connectivity index is 1.98. The fourth-order valence-electron chi connectivity index (χ4n) is 2.78. The van der Waals surface area contributed by atoms with Crippen molar-refractivity contribution in [3.8, 4) is 0 Å². The van der Waals surface area contributed by atoms with Crippen molar-refractivity contribution in [2.45, 2.75) is 13.0 Å². The Morgan fingerprint density at radius 2 is 1.68 bits per heavy atom. The van der Waals surface area contributed by atoms with Crippen molar-refractivity contribution in [2.24, 2.45) is 7.05 Å². The highest BCUT2D eigenvalue weighted by molar-refractivity contribution is 5.90. The molecule has 0 fully saturated rings. The van der Waals surface area contributed by atoms with Crippen molar-refractivity contribution in [1.82, 2.24) is 14.7 Å². The molecule has 1 heterocycles. The lowest BCUT2D eigenvalue weighted by Gasteiger charge is -2.26. The van der Waals surface area contributed by atoms with Gasteiger partial charge in [-0.3, -0.25) is 4.79 Å². The van der Waals surface area contributed by atoms with Crippen molar-refractivity contribution in [1.29, 1.82) is 0 Å². The zero-order valence-electron chi connectivity index (χ0n) is 15.3. The van der Waals surface area contributed by atoms with E-state index in [-0.39, 0.29) is 16.5 Å². The molecule has 0 aliphatic rings. The summed E-state index contributed by atoms with van der Waals surface area (Å²) in [6, 6.07) is 5.75. The monoisotopic (exact) mass is 390 g/mol. The first-order valence-electron chi connectivity index (χ1n) is 8.34. The minimum atomic E-state index is -1.14. The molecule has 0 saturated heterocycles. The highest BCUT2D eigenvalue weighted by Gasteiger charge is 2.23. The zero-order chi connectivity index (χ0) is 20.6. The van der Waals surface area contributed by atoms with Crippen molar-refractivity contribution < 1.29 is 18.0 Å². The molecule has 0 spiro atoms. The fourth-order valence-corrected chi connectivity index (χ4v) is 2.78. The second kappa shape index (κ2) is 7.34. The van der Waals surface area contributed by atoms with E-state index in [2.05, 4.69) is 10.4 Å². The molecule has 6 nitrogen and oxygen atoms in total. The van der Waals surface area contributed by atoms with Crippen LogP contribution in [-0.4, -0.2) is 27.8 Å². The Morgan fingerprint density at radius 1 is 1.11 bits per heavy atom. The number of hydrogen-bond donors (Lipinski definition) is 1. The van der Waals surface area contributed by atoms with Crippen LogP contribution in [0.15, 0.2) is 41.2 Å². The fraction of sp³-hybridized carbons (Fsp3) is 0.211. The number of hydrogen-bond acceptors (Lipinski definition) is 3. The van der Waals surface area contributed by atoms with Crippen LogP contribution in [0.4, 0.5) is 23.7 Å². The minimum Gasteiger partial charge on any atom is -0.319 e. The SMILES string of the molecule is C[C@@H](c1nn(C)c(=O)c2cc(F)c(F)cc12)N(C)C(=O)Nc1ccc(F)cc1. The maximum atomic E-state index is 13.8. The summed E-state index contributed by atoms with van der Waals surface area (Å²) < 4.78 is 41.4. The van der Waals surface area contributed by atoms with E-state index in [4.69, 9.17) is 0 Å². The second-order valence-electron chi connectivity index (χ2n) is 6.35. The number of anilines is 1. The van der Waals surface area contributed by atoms with Gasteiger partial charge in [0.05, 0.1) is 17.1 Å². The number of amides is 2. The maximum absolute atomic E-state index is 13.8. The van der Waals surface area contributed by atoms with Crippen LogP contribution in [0, 0.1) is 17.5 Å². The highest BCUT2D eigenvalue weighted by atomic mass is 19.2. The third-order valence-corrected chi connectivity index (χ3v) is 4.51. The minimum absolute atomic E-state index is 0.0365. The molecule has 0 aliphatic heterocycles. The second-order valence-corrected chi connectivity index (χ2v) is 6.35. The molecule has 1 N–H and O–H groups in total. The van der Waals surface area contributed by atoms with Crippen LogP contribution >= 0.6 is 0 Å². The number of carbonyl (C=O) groups excluding carboxylic acids is 1. The first kappa shape index (κ1) is 19.4. The molecular formula is C19H17F3N4O2. The molecule has 0 radical (unpaired) electrons. The molecule has 2 amide bonds. The van der Waals surface area contributed by atoms with Crippen LogP contribution in [-0.2, 0) is 7.05 Å². The molecular weight excluding hydrogens is 373 g/mol. The van der Waals surface area contributed by atoms with Gasteiger partial charge in [-0.05, 0) is 43.3 Å². The number of urea groups is 1. The molecule has 0 unspecified atom stereocenters. The zero-order valence-corrected chi connectivity index (χ0v) is 15.3. The van der Waals surface area contributed by atoms with Crippen LogP contribution in [0.3, 0.4) is 0 Å². The summed E-state index contributed by atoms with van der Waals surface area (Å²) in [7, 11) is 2.87. The first-order chi connectivity index (χ1) is 13.2. The first-order valence-corrected chi connectivity index (χ1v) is 8.34. The van der Waals surface area contributed by atoms with E-state index < -0.39 is 35.1 Å². The third kappa shape index (κ3) is 3.55. The Hall–Kier alpha value is -3.36. The van der Waals surface area contributed by atoms with Crippen LogP contribution in [0.2, 0.25) is 0 Å². The van der Waals surface area contributed by atoms with Gasteiger partial charge in [0.1, 0.15) is 5.82 Å². The lowest BCUT2D eigenvalue weighted by Crippen LogP contribution is -2.35. The van der Waals surface area contributed by atoms with Gasteiger partial charge in [0.25, 0.3) is 5.56 Å². The standard InChI is InChI=1S/C19H17F3N4O2/c1-10(25(2)19(28)23-12-6-4-11(20)5-7-12)17-13-8-15(21)16(22)9-14(13)18(27)26(3)24-17/h4-10H,1-3H3,(H,23,28)/t10-/m0/s1. The summed E-state index contributed by atoms with van der Waals surface area (Å²) in [5, 5.41) is 6.83. The van der Waals surface area contributed by atoms with E-state index in [0.717, 1.165) is 16.8 Å². The Bertz CT molecular complexity index is 1110. The van der Waals surface area contributed by atoms with Gasteiger partial charge < -0.3 is 10.2 Å². The summed E-state index contributed by atoms with van der Waals surface area (Å²) in [4.78, 5) is 26.0. The number of fused-ring (bicyclic) bond motifs is 1. The Morgan fingerprint density at radius 3 is 2.29 bits per heavy atom. The number of nitrogens with zero attached hydrogens (tertiary/aromatic N) is 3. The van der Waals surface area contributed by atoms with Crippen molar-refractivity contribution in [2.75, 3.05) is 12.4 Å². The molecule has 146 valence electrons. The molecule has 3 aromatic rings.